The van der Waals surface area contributed by atoms with Crippen LogP contribution in [0.25, 0.3) is 0 Å². The number of aromatic hydroxyl groups is 1. The standard InChI is InChI=1S/C13H16O4/c1-6-7(2)13-10(8(3)12(6)16)4-9(17-13)5-11(14)15/h9,16H,4-5H2,1-3H3,(H,14,15)/t9-/m0/s1. The first kappa shape index (κ1) is 11.8. The van der Waals surface area contributed by atoms with Crippen LogP contribution in [-0.4, -0.2) is 22.3 Å². The molecule has 4 nitrogen and oxygen atoms in total. The third-order valence-corrected chi connectivity index (χ3v) is 3.46. The van der Waals surface area contributed by atoms with E-state index in [9.17, 15) is 9.90 Å². The molecule has 4 heteroatoms. The summed E-state index contributed by atoms with van der Waals surface area (Å²) in [6.45, 7) is 5.56. The largest absolute Gasteiger partial charge is 0.507 e. The first-order valence-electron chi connectivity index (χ1n) is 5.61. The topological polar surface area (TPSA) is 66.8 Å². The molecule has 0 spiro atoms. The van der Waals surface area contributed by atoms with Gasteiger partial charge in [0, 0.05) is 12.0 Å². The molecular weight excluding hydrogens is 220 g/mol. The highest BCUT2D eigenvalue weighted by molar-refractivity contribution is 5.68. The average molecular weight is 236 g/mol. The summed E-state index contributed by atoms with van der Waals surface area (Å²) in [7, 11) is 0. The summed E-state index contributed by atoms with van der Waals surface area (Å²) in [6, 6.07) is 0. The molecule has 17 heavy (non-hydrogen) atoms. The number of carbonyl (C=O) groups is 1. The molecule has 0 saturated heterocycles. The van der Waals surface area contributed by atoms with Crippen LogP contribution in [-0.2, 0) is 11.2 Å². The van der Waals surface area contributed by atoms with Crippen LogP contribution in [0.5, 0.6) is 11.5 Å². The number of hydrogen-bond acceptors (Lipinski definition) is 3. The predicted octanol–water partition coefficient (Wildman–Crippen LogP) is 2.10. The summed E-state index contributed by atoms with van der Waals surface area (Å²) >= 11 is 0. The van der Waals surface area contributed by atoms with E-state index < -0.39 is 5.97 Å². The van der Waals surface area contributed by atoms with E-state index >= 15 is 0 Å². The lowest BCUT2D eigenvalue weighted by Gasteiger charge is -2.13. The third-order valence-electron chi connectivity index (χ3n) is 3.46. The fraction of sp³-hybridized carbons (Fsp3) is 0.462. The maximum Gasteiger partial charge on any atom is 0.307 e. The third kappa shape index (κ3) is 1.84. The number of benzene rings is 1. The zero-order valence-electron chi connectivity index (χ0n) is 10.2. The van der Waals surface area contributed by atoms with Gasteiger partial charge in [0.05, 0.1) is 6.42 Å². The van der Waals surface area contributed by atoms with Gasteiger partial charge < -0.3 is 14.9 Å². The van der Waals surface area contributed by atoms with Crippen LogP contribution in [0.1, 0.15) is 28.7 Å². The van der Waals surface area contributed by atoms with Crippen molar-refractivity contribution in [3.63, 3.8) is 0 Å². The minimum Gasteiger partial charge on any atom is -0.507 e. The van der Waals surface area contributed by atoms with Gasteiger partial charge in [0.15, 0.2) is 0 Å². The predicted molar refractivity (Wildman–Crippen MR) is 62.7 cm³/mol. The van der Waals surface area contributed by atoms with Crippen molar-refractivity contribution in [1.29, 1.82) is 0 Å². The molecule has 1 aromatic carbocycles. The summed E-state index contributed by atoms with van der Waals surface area (Å²) < 4.78 is 5.67. The van der Waals surface area contributed by atoms with Crippen LogP contribution >= 0.6 is 0 Å². The first-order chi connectivity index (χ1) is 7.91. The maximum atomic E-state index is 10.7. The Kier molecular flexibility index (Phi) is 2.73. The zero-order valence-corrected chi connectivity index (χ0v) is 10.2. The van der Waals surface area contributed by atoms with Crippen LogP contribution in [0.4, 0.5) is 0 Å². The van der Waals surface area contributed by atoms with Gasteiger partial charge in [0.2, 0.25) is 0 Å². The molecule has 0 bridgehead atoms. The van der Waals surface area contributed by atoms with Crippen LogP contribution in [0, 0.1) is 20.8 Å². The lowest BCUT2D eigenvalue weighted by atomic mass is 9.96. The van der Waals surface area contributed by atoms with Crippen LogP contribution < -0.4 is 4.74 Å². The van der Waals surface area contributed by atoms with Gasteiger partial charge in [-0.05, 0) is 37.5 Å². The van der Waals surface area contributed by atoms with Crippen molar-refractivity contribution in [2.45, 2.75) is 39.7 Å². The van der Waals surface area contributed by atoms with Gasteiger partial charge in [-0.2, -0.15) is 0 Å². The number of carboxylic acid groups (broad SMARTS) is 1. The van der Waals surface area contributed by atoms with E-state index in [0.29, 0.717) is 12.2 Å². The van der Waals surface area contributed by atoms with Crippen molar-refractivity contribution >= 4 is 5.97 Å². The SMILES string of the molecule is Cc1c(C)c2c(c(C)c1O)C[C@@H](CC(=O)O)O2. The molecule has 0 radical (unpaired) electrons. The number of hydrogen-bond donors (Lipinski definition) is 2. The Morgan fingerprint density at radius 2 is 1.94 bits per heavy atom. The molecule has 1 aliphatic heterocycles. The highest BCUT2D eigenvalue weighted by atomic mass is 16.5. The Bertz CT molecular complexity index is 454. The Hall–Kier alpha value is -1.71. The minimum absolute atomic E-state index is 0.00658. The molecular formula is C13H16O4. The Morgan fingerprint density at radius 3 is 2.53 bits per heavy atom. The highest BCUT2D eigenvalue weighted by Crippen LogP contribution is 2.42. The Morgan fingerprint density at radius 1 is 1.29 bits per heavy atom. The molecule has 2 N–H and O–H groups in total. The van der Waals surface area contributed by atoms with Crippen molar-refractivity contribution in [2.75, 3.05) is 0 Å². The summed E-state index contributed by atoms with van der Waals surface area (Å²) in [4.78, 5) is 10.7. The van der Waals surface area contributed by atoms with Crippen LogP contribution in [0.3, 0.4) is 0 Å². The van der Waals surface area contributed by atoms with Gasteiger partial charge in [-0.1, -0.05) is 0 Å². The van der Waals surface area contributed by atoms with Crippen molar-refractivity contribution in [3.05, 3.63) is 22.3 Å². The molecule has 0 aromatic heterocycles. The molecule has 92 valence electrons. The van der Waals surface area contributed by atoms with E-state index in [1.165, 1.54) is 0 Å². The number of phenolic OH excluding ortho intramolecular Hbond substituents is 1. The quantitative estimate of drug-likeness (QED) is 0.825. The fourth-order valence-corrected chi connectivity index (χ4v) is 2.32. The first-order valence-corrected chi connectivity index (χ1v) is 5.61. The molecule has 0 aliphatic carbocycles. The molecule has 0 unspecified atom stereocenters. The fourth-order valence-electron chi connectivity index (χ4n) is 2.32. The lowest BCUT2D eigenvalue weighted by Crippen LogP contribution is -2.17. The summed E-state index contributed by atoms with van der Waals surface area (Å²) in [5.41, 5.74) is 3.45. The number of ether oxygens (including phenoxy) is 1. The number of carboxylic acids is 1. The normalized spacial score (nSPS) is 17.7. The van der Waals surface area contributed by atoms with Crippen molar-refractivity contribution < 1.29 is 19.7 Å². The Labute approximate surface area is 99.8 Å². The molecule has 1 aromatic rings. The minimum atomic E-state index is -0.862. The van der Waals surface area contributed by atoms with Crippen LogP contribution in [0.15, 0.2) is 0 Å². The van der Waals surface area contributed by atoms with Gasteiger partial charge in [0.25, 0.3) is 0 Å². The Balaban J connectivity index is 2.41. The van der Waals surface area contributed by atoms with E-state index in [-0.39, 0.29) is 12.5 Å². The summed E-state index contributed by atoms with van der Waals surface area (Å²) in [6.07, 6.45) is 0.233. The molecule has 1 aliphatic rings. The van der Waals surface area contributed by atoms with Gasteiger partial charge in [-0.15, -0.1) is 0 Å². The molecule has 2 rings (SSSR count). The summed E-state index contributed by atoms with van der Waals surface area (Å²) in [5, 5.41) is 18.7. The average Bonchev–Trinajstić information content (AvgIpc) is 2.66. The van der Waals surface area contributed by atoms with E-state index in [1.54, 1.807) is 0 Å². The van der Waals surface area contributed by atoms with Gasteiger partial charge >= 0.3 is 5.97 Å². The highest BCUT2D eigenvalue weighted by Gasteiger charge is 2.30. The van der Waals surface area contributed by atoms with E-state index in [4.69, 9.17) is 9.84 Å². The number of rotatable bonds is 2. The van der Waals surface area contributed by atoms with E-state index in [2.05, 4.69) is 0 Å². The second-order valence-electron chi connectivity index (χ2n) is 4.57. The molecule has 0 saturated carbocycles. The molecule has 0 amide bonds. The van der Waals surface area contributed by atoms with Crippen molar-refractivity contribution in [3.8, 4) is 11.5 Å². The molecule has 1 atom stereocenters. The van der Waals surface area contributed by atoms with E-state index in [0.717, 1.165) is 28.0 Å². The van der Waals surface area contributed by atoms with Gasteiger partial charge in [-0.25, -0.2) is 0 Å². The van der Waals surface area contributed by atoms with Gasteiger partial charge in [-0.3, -0.25) is 4.79 Å². The zero-order chi connectivity index (χ0) is 12.7. The lowest BCUT2D eigenvalue weighted by molar-refractivity contribution is -0.138. The number of phenols is 1. The second-order valence-corrected chi connectivity index (χ2v) is 4.57. The monoisotopic (exact) mass is 236 g/mol. The summed E-state index contributed by atoms with van der Waals surface area (Å²) in [5.74, 6) is 0.184. The van der Waals surface area contributed by atoms with Gasteiger partial charge in [0.1, 0.15) is 17.6 Å². The number of fused-ring (bicyclic) bond motifs is 1. The number of aliphatic carboxylic acids is 1. The van der Waals surface area contributed by atoms with Crippen LogP contribution in [0.2, 0.25) is 0 Å². The molecule has 0 fully saturated rings. The maximum absolute atomic E-state index is 10.7. The van der Waals surface area contributed by atoms with Crippen molar-refractivity contribution in [2.24, 2.45) is 0 Å². The van der Waals surface area contributed by atoms with E-state index in [1.807, 2.05) is 20.8 Å². The van der Waals surface area contributed by atoms with Crippen molar-refractivity contribution in [1.82, 2.24) is 0 Å². The second kappa shape index (κ2) is 3.95. The smallest absolute Gasteiger partial charge is 0.307 e. The molecule has 1 heterocycles.